The van der Waals surface area contributed by atoms with Gasteiger partial charge in [-0.15, -0.1) is 0 Å². The minimum atomic E-state index is 0.486. The van der Waals surface area contributed by atoms with E-state index in [1.165, 1.54) is 0 Å². The molecular formula is C15H13N5S. The summed E-state index contributed by atoms with van der Waals surface area (Å²) in [4.78, 5) is 4.26. The minimum Gasteiger partial charge on any atom is -0.332 e. The molecule has 2 heterocycles. The molecule has 1 aromatic carbocycles. The van der Waals surface area contributed by atoms with Crippen LogP contribution < -0.4 is 10.6 Å². The van der Waals surface area contributed by atoms with Crippen LogP contribution in [0.4, 0.5) is 11.5 Å². The molecule has 3 rings (SSSR count). The number of para-hydroxylation sites is 1. The first-order valence-corrected chi connectivity index (χ1v) is 6.82. The first-order valence-electron chi connectivity index (χ1n) is 6.41. The smallest absolute Gasteiger partial charge is 0.176 e. The molecule has 0 fully saturated rings. The molecule has 2 aromatic heterocycles. The summed E-state index contributed by atoms with van der Waals surface area (Å²) in [5.74, 6) is 0.643. The zero-order chi connectivity index (χ0) is 14.5. The molecule has 6 heteroatoms. The van der Waals surface area contributed by atoms with Crippen LogP contribution in [0.15, 0.2) is 60.8 Å². The highest BCUT2D eigenvalue weighted by Gasteiger charge is 2.05. The van der Waals surface area contributed by atoms with Crippen molar-refractivity contribution in [2.75, 3.05) is 10.6 Å². The van der Waals surface area contributed by atoms with Crippen LogP contribution in [0.5, 0.6) is 0 Å². The fourth-order valence-corrected chi connectivity index (χ4v) is 2.06. The minimum absolute atomic E-state index is 0.486. The molecule has 5 nitrogen and oxygen atoms in total. The van der Waals surface area contributed by atoms with E-state index in [4.69, 9.17) is 12.2 Å². The highest BCUT2D eigenvalue weighted by molar-refractivity contribution is 7.80. The van der Waals surface area contributed by atoms with E-state index in [9.17, 15) is 0 Å². The van der Waals surface area contributed by atoms with Crippen LogP contribution in [0.25, 0.3) is 11.4 Å². The molecular weight excluding hydrogens is 282 g/mol. The van der Waals surface area contributed by atoms with Gasteiger partial charge in [-0.2, -0.15) is 5.10 Å². The van der Waals surface area contributed by atoms with Gasteiger partial charge in [0.1, 0.15) is 0 Å². The summed E-state index contributed by atoms with van der Waals surface area (Å²) in [6, 6.07) is 17.3. The third-order valence-electron chi connectivity index (χ3n) is 2.79. The van der Waals surface area contributed by atoms with Crippen molar-refractivity contribution in [3.63, 3.8) is 0 Å². The Morgan fingerprint density at radius 1 is 1.00 bits per heavy atom. The third kappa shape index (κ3) is 3.43. The molecule has 0 spiro atoms. The van der Waals surface area contributed by atoms with Crippen molar-refractivity contribution in [3.05, 3.63) is 60.8 Å². The Balaban J connectivity index is 1.66. The van der Waals surface area contributed by atoms with Gasteiger partial charge in [-0.1, -0.05) is 24.3 Å². The quantitative estimate of drug-likeness (QED) is 0.647. The second kappa shape index (κ2) is 6.15. The number of pyridine rings is 1. The molecule has 21 heavy (non-hydrogen) atoms. The van der Waals surface area contributed by atoms with Gasteiger partial charge in [0.05, 0.1) is 11.4 Å². The summed E-state index contributed by atoms with van der Waals surface area (Å²) in [5, 5.41) is 13.7. The molecule has 0 radical (unpaired) electrons. The normalized spacial score (nSPS) is 10.1. The van der Waals surface area contributed by atoms with Crippen molar-refractivity contribution < 1.29 is 0 Å². The van der Waals surface area contributed by atoms with Crippen LogP contribution in [-0.4, -0.2) is 20.3 Å². The Morgan fingerprint density at radius 3 is 2.57 bits per heavy atom. The number of anilines is 2. The standard InChI is InChI=1S/C15H13N5S/c21-15(17-11-6-2-1-3-7-11)18-14-10-13(19-20-14)12-8-4-5-9-16-12/h1-10H,(H3,17,18,19,20,21). The SMILES string of the molecule is S=C(Nc1ccccc1)Nc1cc(-c2ccccn2)[nH]n1. The first kappa shape index (κ1) is 13.3. The number of hydrogen-bond donors (Lipinski definition) is 3. The van der Waals surface area contributed by atoms with Crippen molar-refractivity contribution in [2.45, 2.75) is 0 Å². The molecule has 0 atom stereocenters. The Morgan fingerprint density at radius 2 is 1.81 bits per heavy atom. The number of aromatic nitrogens is 3. The van der Waals surface area contributed by atoms with Crippen molar-refractivity contribution in [1.29, 1.82) is 0 Å². The van der Waals surface area contributed by atoms with Crippen LogP contribution in [0, 0.1) is 0 Å². The van der Waals surface area contributed by atoms with E-state index in [1.807, 2.05) is 54.6 Å². The zero-order valence-corrected chi connectivity index (χ0v) is 11.9. The molecule has 0 unspecified atom stereocenters. The van der Waals surface area contributed by atoms with Gasteiger partial charge in [0.25, 0.3) is 0 Å². The molecule has 0 aliphatic carbocycles. The summed E-state index contributed by atoms with van der Waals surface area (Å²) in [7, 11) is 0. The van der Waals surface area contributed by atoms with Gasteiger partial charge < -0.3 is 10.6 Å². The third-order valence-corrected chi connectivity index (χ3v) is 3.00. The number of nitrogens with zero attached hydrogens (tertiary/aromatic N) is 2. The summed E-state index contributed by atoms with van der Waals surface area (Å²) in [6.45, 7) is 0. The molecule has 0 bridgehead atoms. The van der Waals surface area contributed by atoms with Crippen LogP contribution in [0.2, 0.25) is 0 Å². The lowest BCUT2D eigenvalue weighted by Gasteiger charge is -2.07. The van der Waals surface area contributed by atoms with Crippen molar-refractivity contribution in [2.24, 2.45) is 0 Å². The monoisotopic (exact) mass is 295 g/mol. The van der Waals surface area contributed by atoms with E-state index in [2.05, 4.69) is 25.8 Å². The molecule has 104 valence electrons. The molecule has 3 aromatic rings. The predicted molar refractivity (Wildman–Crippen MR) is 88.1 cm³/mol. The average Bonchev–Trinajstić information content (AvgIpc) is 2.97. The lowest BCUT2D eigenvalue weighted by Crippen LogP contribution is -2.19. The number of aromatic amines is 1. The Hall–Kier alpha value is -2.73. The van der Waals surface area contributed by atoms with Crippen LogP contribution in [-0.2, 0) is 0 Å². The Kier molecular flexibility index (Phi) is 3.88. The number of hydrogen-bond acceptors (Lipinski definition) is 3. The summed E-state index contributed by atoms with van der Waals surface area (Å²) < 4.78 is 0. The maximum absolute atomic E-state index is 5.25. The Bertz CT molecular complexity index is 724. The molecule has 0 aliphatic rings. The topological polar surface area (TPSA) is 65.6 Å². The van der Waals surface area contributed by atoms with E-state index >= 15 is 0 Å². The van der Waals surface area contributed by atoms with E-state index in [0.29, 0.717) is 10.9 Å². The highest BCUT2D eigenvalue weighted by atomic mass is 32.1. The van der Waals surface area contributed by atoms with Crippen molar-refractivity contribution >= 4 is 28.8 Å². The number of nitrogens with one attached hydrogen (secondary N) is 3. The van der Waals surface area contributed by atoms with E-state index < -0.39 is 0 Å². The van der Waals surface area contributed by atoms with Crippen LogP contribution in [0.1, 0.15) is 0 Å². The molecule has 0 saturated carbocycles. The Labute approximate surface area is 127 Å². The van der Waals surface area contributed by atoms with Crippen molar-refractivity contribution in [1.82, 2.24) is 15.2 Å². The zero-order valence-electron chi connectivity index (χ0n) is 11.1. The summed E-state index contributed by atoms with van der Waals surface area (Å²) in [5.41, 5.74) is 2.59. The van der Waals surface area contributed by atoms with Gasteiger partial charge in [-0.25, -0.2) is 0 Å². The molecule has 0 amide bonds. The van der Waals surface area contributed by atoms with Crippen molar-refractivity contribution in [3.8, 4) is 11.4 Å². The van der Waals surface area contributed by atoms with Gasteiger partial charge in [-0.05, 0) is 36.5 Å². The molecule has 0 saturated heterocycles. The maximum Gasteiger partial charge on any atom is 0.176 e. The number of thiocarbonyl (C=S) groups is 1. The average molecular weight is 295 g/mol. The predicted octanol–water partition coefficient (Wildman–Crippen LogP) is 3.28. The largest absolute Gasteiger partial charge is 0.332 e. The highest BCUT2D eigenvalue weighted by Crippen LogP contribution is 2.17. The fourth-order valence-electron chi connectivity index (χ4n) is 1.84. The molecule has 3 N–H and O–H groups in total. The lowest BCUT2D eigenvalue weighted by atomic mass is 10.3. The van der Waals surface area contributed by atoms with Crippen LogP contribution in [0.3, 0.4) is 0 Å². The van der Waals surface area contributed by atoms with E-state index in [-0.39, 0.29) is 0 Å². The maximum atomic E-state index is 5.25. The number of rotatable bonds is 3. The fraction of sp³-hybridized carbons (Fsp3) is 0. The first-order chi connectivity index (χ1) is 10.3. The molecule has 0 aliphatic heterocycles. The lowest BCUT2D eigenvalue weighted by molar-refractivity contribution is 1.09. The second-order valence-corrected chi connectivity index (χ2v) is 4.74. The van der Waals surface area contributed by atoms with Crippen LogP contribution >= 0.6 is 12.2 Å². The summed E-state index contributed by atoms with van der Waals surface area (Å²) in [6.07, 6.45) is 1.74. The van der Waals surface area contributed by atoms with Gasteiger partial charge in [-0.3, -0.25) is 10.1 Å². The number of H-pyrrole nitrogens is 1. The number of benzene rings is 1. The van der Waals surface area contributed by atoms with Gasteiger partial charge >= 0.3 is 0 Å². The van der Waals surface area contributed by atoms with E-state index in [1.54, 1.807) is 6.20 Å². The van der Waals surface area contributed by atoms with Gasteiger partial charge in [0.15, 0.2) is 10.9 Å². The van der Waals surface area contributed by atoms with E-state index in [0.717, 1.165) is 17.1 Å². The second-order valence-electron chi connectivity index (χ2n) is 4.33. The summed E-state index contributed by atoms with van der Waals surface area (Å²) >= 11 is 5.25. The van der Waals surface area contributed by atoms with Gasteiger partial charge in [0, 0.05) is 18.0 Å². The van der Waals surface area contributed by atoms with Gasteiger partial charge in [0.2, 0.25) is 0 Å².